The van der Waals surface area contributed by atoms with Gasteiger partial charge in [0.15, 0.2) is 0 Å². The van der Waals surface area contributed by atoms with E-state index < -0.39 is 16.7 Å². The summed E-state index contributed by atoms with van der Waals surface area (Å²) in [6, 6.07) is 9.21. The predicted octanol–water partition coefficient (Wildman–Crippen LogP) is 3.81. The molecule has 0 radical (unpaired) electrons. The molecule has 0 aliphatic heterocycles. The van der Waals surface area contributed by atoms with Gasteiger partial charge in [-0.3, -0.25) is 14.9 Å². The number of rotatable bonds is 8. The highest BCUT2D eigenvalue weighted by molar-refractivity contribution is 5.87. The highest BCUT2D eigenvalue weighted by Gasteiger charge is 2.25. The van der Waals surface area contributed by atoms with Crippen LogP contribution in [0.15, 0.2) is 42.6 Å². The van der Waals surface area contributed by atoms with E-state index in [-0.39, 0.29) is 18.0 Å². The molecule has 3 rings (SSSR count). The number of aromatic amines is 1. The minimum absolute atomic E-state index is 0.000265. The minimum atomic E-state index is -0.604. The Kier molecular flexibility index (Phi) is 6.23. The van der Waals surface area contributed by atoms with Crippen LogP contribution in [0.2, 0.25) is 0 Å². The van der Waals surface area contributed by atoms with Gasteiger partial charge in [-0.15, -0.1) is 0 Å². The van der Waals surface area contributed by atoms with Gasteiger partial charge in [-0.2, -0.15) is 0 Å². The van der Waals surface area contributed by atoms with E-state index in [2.05, 4.69) is 10.3 Å². The minimum Gasteiger partial charge on any atom is -0.383 e. The molecule has 7 nitrogen and oxygen atoms in total. The number of amides is 1. The number of aromatic nitrogens is 1. The van der Waals surface area contributed by atoms with Crippen LogP contribution in [0.25, 0.3) is 10.9 Å². The van der Waals surface area contributed by atoms with Crippen molar-refractivity contribution in [3.05, 3.63) is 75.2 Å². The summed E-state index contributed by atoms with van der Waals surface area (Å²) in [7, 11) is 1.54. The second-order valence-corrected chi connectivity index (χ2v) is 6.86. The first kappa shape index (κ1) is 20.5. The Bertz CT molecular complexity index is 1050. The molecule has 3 aromatic rings. The van der Waals surface area contributed by atoms with Gasteiger partial charge in [0.1, 0.15) is 5.82 Å². The zero-order valence-corrected chi connectivity index (χ0v) is 16.2. The second-order valence-electron chi connectivity index (χ2n) is 6.86. The molecule has 1 heterocycles. The molecular weight excluding hydrogens is 377 g/mol. The second kappa shape index (κ2) is 8.83. The number of carbonyl (C=O) groups is 1. The van der Waals surface area contributed by atoms with E-state index in [0.717, 1.165) is 5.56 Å². The molecule has 0 bridgehead atoms. The number of nitro groups is 1. The maximum absolute atomic E-state index is 14.7. The lowest BCUT2D eigenvalue weighted by Gasteiger charge is -2.18. The summed E-state index contributed by atoms with van der Waals surface area (Å²) in [6.45, 7) is 2.56. The molecule has 8 heteroatoms. The van der Waals surface area contributed by atoms with Crippen molar-refractivity contribution in [2.45, 2.75) is 19.3 Å². The Morgan fingerprint density at radius 2 is 2.07 bits per heavy atom. The van der Waals surface area contributed by atoms with Crippen LogP contribution in [0.3, 0.4) is 0 Å². The summed E-state index contributed by atoms with van der Waals surface area (Å²) < 4.78 is 19.6. The molecule has 152 valence electrons. The SMILES string of the molecule is COCCNC(=O)CC(c1cc(C)ccc1F)c1c[nH]c2ccc([N+](=O)[O-])cc12. The van der Waals surface area contributed by atoms with Crippen LogP contribution in [0, 0.1) is 22.9 Å². The number of hydrogen-bond acceptors (Lipinski definition) is 4. The lowest BCUT2D eigenvalue weighted by Crippen LogP contribution is -2.28. The monoisotopic (exact) mass is 399 g/mol. The molecule has 1 aromatic heterocycles. The van der Waals surface area contributed by atoms with Crippen molar-refractivity contribution in [1.82, 2.24) is 10.3 Å². The number of ether oxygens (including phenoxy) is 1. The van der Waals surface area contributed by atoms with Gasteiger partial charge in [-0.05, 0) is 30.2 Å². The predicted molar refractivity (Wildman–Crippen MR) is 107 cm³/mol. The first-order valence-electron chi connectivity index (χ1n) is 9.17. The largest absolute Gasteiger partial charge is 0.383 e. The van der Waals surface area contributed by atoms with Crippen molar-refractivity contribution >= 4 is 22.5 Å². The van der Waals surface area contributed by atoms with Gasteiger partial charge < -0.3 is 15.0 Å². The molecule has 2 aromatic carbocycles. The average molecular weight is 399 g/mol. The summed E-state index contributed by atoms with van der Waals surface area (Å²) in [6.07, 6.45) is 1.68. The highest BCUT2D eigenvalue weighted by atomic mass is 19.1. The van der Waals surface area contributed by atoms with Crippen LogP contribution in [-0.4, -0.2) is 36.1 Å². The van der Waals surface area contributed by atoms with E-state index in [9.17, 15) is 19.3 Å². The third-order valence-electron chi connectivity index (χ3n) is 4.83. The number of benzene rings is 2. The number of nitrogens with one attached hydrogen (secondary N) is 2. The Morgan fingerprint density at radius 1 is 1.28 bits per heavy atom. The van der Waals surface area contributed by atoms with Crippen LogP contribution >= 0.6 is 0 Å². The van der Waals surface area contributed by atoms with E-state index >= 15 is 0 Å². The fourth-order valence-electron chi connectivity index (χ4n) is 3.40. The maximum atomic E-state index is 14.7. The van der Waals surface area contributed by atoms with Gasteiger partial charge in [-0.25, -0.2) is 4.39 Å². The summed E-state index contributed by atoms with van der Waals surface area (Å²) in [5.41, 5.74) is 2.49. The Balaban J connectivity index is 2.06. The van der Waals surface area contributed by atoms with Crippen LogP contribution in [-0.2, 0) is 9.53 Å². The van der Waals surface area contributed by atoms with Crippen LogP contribution in [0.4, 0.5) is 10.1 Å². The van der Waals surface area contributed by atoms with Crippen molar-refractivity contribution in [3.8, 4) is 0 Å². The standard InChI is InChI=1S/C21H22FN3O4/c1-13-3-5-19(22)16(9-13)15(11-21(26)23-7-8-29-2)18-12-24-20-6-4-14(25(27)28)10-17(18)20/h3-6,9-10,12,15,24H,7-8,11H2,1-2H3,(H,23,26). The van der Waals surface area contributed by atoms with Crippen molar-refractivity contribution in [2.24, 2.45) is 0 Å². The van der Waals surface area contributed by atoms with Gasteiger partial charge in [0.05, 0.1) is 11.5 Å². The molecule has 0 aliphatic rings. The number of nitro benzene ring substituents is 1. The van der Waals surface area contributed by atoms with Gasteiger partial charge >= 0.3 is 0 Å². The van der Waals surface area contributed by atoms with Gasteiger partial charge in [-0.1, -0.05) is 17.7 Å². The number of nitrogens with zero attached hydrogens (tertiary/aromatic N) is 1. The number of hydrogen-bond donors (Lipinski definition) is 2. The number of H-pyrrole nitrogens is 1. The van der Waals surface area contributed by atoms with E-state index in [0.29, 0.717) is 35.2 Å². The molecular formula is C21H22FN3O4. The van der Waals surface area contributed by atoms with E-state index in [4.69, 9.17) is 4.74 Å². The molecule has 0 saturated heterocycles. The maximum Gasteiger partial charge on any atom is 0.270 e. The summed E-state index contributed by atoms with van der Waals surface area (Å²) in [5.74, 6) is -1.29. The number of carbonyl (C=O) groups excluding carboxylic acids is 1. The molecule has 0 saturated carbocycles. The quantitative estimate of drug-likeness (QED) is 0.342. The van der Waals surface area contributed by atoms with Gasteiger partial charge in [0.2, 0.25) is 5.91 Å². The fourth-order valence-corrected chi connectivity index (χ4v) is 3.40. The third-order valence-corrected chi connectivity index (χ3v) is 4.83. The Morgan fingerprint density at radius 3 is 2.79 bits per heavy atom. The number of fused-ring (bicyclic) bond motifs is 1. The molecule has 1 unspecified atom stereocenters. The van der Waals surface area contributed by atoms with Crippen molar-refractivity contribution in [3.63, 3.8) is 0 Å². The highest BCUT2D eigenvalue weighted by Crippen LogP contribution is 2.36. The number of methoxy groups -OCH3 is 1. The average Bonchev–Trinajstić information content (AvgIpc) is 3.11. The van der Waals surface area contributed by atoms with Crippen LogP contribution in [0.1, 0.15) is 29.0 Å². The van der Waals surface area contributed by atoms with Gasteiger partial charge in [0.25, 0.3) is 5.69 Å². The molecule has 0 aliphatic carbocycles. The van der Waals surface area contributed by atoms with Crippen molar-refractivity contribution < 1.29 is 18.8 Å². The zero-order valence-electron chi connectivity index (χ0n) is 16.2. The summed E-state index contributed by atoms with van der Waals surface area (Å²) >= 11 is 0. The molecule has 1 atom stereocenters. The molecule has 1 amide bonds. The van der Waals surface area contributed by atoms with E-state index in [1.807, 2.05) is 6.92 Å². The zero-order chi connectivity index (χ0) is 21.0. The summed E-state index contributed by atoms with van der Waals surface area (Å²) in [4.78, 5) is 26.3. The van der Waals surface area contributed by atoms with Crippen molar-refractivity contribution in [1.29, 1.82) is 0 Å². The van der Waals surface area contributed by atoms with Crippen LogP contribution in [0.5, 0.6) is 0 Å². The molecule has 0 fully saturated rings. The Labute approximate surface area is 167 Å². The first-order chi connectivity index (χ1) is 13.9. The lowest BCUT2D eigenvalue weighted by molar-refractivity contribution is -0.384. The summed E-state index contributed by atoms with van der Waals surface area (Å²) in [5, 5.41) is 14.5. The smallest absolute Gasteiger partial charge is 0.270 e. The topological polar surface area (TPSA) is 97.3 Å². The fraction of sp³-hybridized carbons (Fsp3) is 0.286. The Hall–Kier alpha value is -3.26. The normalized spacial score (nSPS) is 12.1. The number of non-ortho nitro benzene ring substituents is 1. The number of aryl methyl sites for hydroxylation is 1. The molecule has 2 N–H and O–H groups in total. The van der Waals surface area contributed by atoms with E-state index in [1.54, 1.807) is 24.4 Å². The van der Waals surface area contributed by atoms with E-state index in [1.165, 1.54) is 25.3 Å². The number of halogens is 1. The van der Waals surface area contributed by atoms with Crippen LogP contribution < -0.4 is 5.32 Å². The lowest BCUT2D eigenvalue weighted by atomic mass is 9.86. The third kappa shape index (κ3) is 4.60. The van der Waals surface area contributed by atoms with Gasteiger partial charge in [0, 0.05) is 55.2 Å². The first-order valence-corrected chi connectivity index (χ1v) is 9.17. The molecule has 0 spiro atoms. The molecule has 29 heavy (non-hydrogen) atoms. The van der Waals surface area contributed by atoms with Crippen molar-refractivity contribution in [2.75, 3.05) is 20.3 Å².